The van der Waals surface area contributed by atoms with E-state index in [0.29, 0.717) is 41.9 Å². The van der Waals surface area contributed by atoms with E-state index in [2.05, 4.69) is 36.2 Å². The van der Waals surface area contributed by atoms with Crippen LogP contribution in [-0.2, 0) is 21.3 Å². The zero-order valence-electron chi connectivity index (χ0n) is 23.3. The summed E-state index contributed by atoms with van der Waals surface area (Å²) in [6.07, 6.45) is 2.90. The molecule has 3 aliphatic carbocycles. The van der Waals surface area contributed by atoms with Crippen molar-refractivity contribution in [3.8, 4) is 11.4 Å². The highest BCUT2D eigenvalue weighted by Crippen LogP contribution is 2.67. The zero-order valence-corrected chi connectivity index (χ0v) is 24.1. The minimum Gasteiger partial charge on any atom is -0.444 e. The molecule has 3 amide bonds. The largest absolute Gasteiger partial charge is 0.444 e. The van der Waals surface area contributed by atoms with Crippen molar-refractivity contribution in [3.05, 3.63) is 47.4 Å². The molecule has 0 aromatic carbocycles. The Balaban J connectivity index is 1.17. The van der Waals surface area contributed by atoms with Gasteiger partial charge in [0.1, 0.15) is 16.9 Å². The van der Waals surface area contributed by atoms with Gasteiger partial charge < -0.3 is 20.1 Å². The maximum atomic E-state index is 13.0. The first-order chi connectivity index (χ1) is 19.3. The van der Waals surface area contributed by atoms with Crippen LogP contribution in [0.5, 0.6) is 0 Å². The molecule has 0 radical (unpaired) electrons. The molecule has 3 fully saturated rings. The zero-order chi connectivity index (χ0) is 29.6. The second-order valence-corrected chi connectivity index (χ2v) is 11.9. The van der Waals surface area contributed by atoms with Gasteiger partial charge in [-0.25, -0.2) is 19.3 Å². The lowest BCUT2D eigenvalue weighted by Crippen LogP contribution is -2.77. The molecule has 14 heteroatoms. The molecule has 6 rings (SSSR count). The number of nitrogens with one attached hydrogen (secondary N) is 3. The number of anilines is 2. The number of ether oxygens (including phenoxy) is 2. The molecule has 0 saturated heterocycles. The van der Waals surface area contributed by atoms with Gasteiger partial charge in [0.25, 0.3) is 0 Å². The fourth-order valence-corrected chi connectivity index (χ4v) is 5.55. The molecule has 1 atom stereocenters. The Bertz CT molecular complexity index is 1480. The molecular weight excluding hydrogens is 552 g/mol. The van der Waals surface area contributed by atoms with Gasteiger partial charge in [-0.2, -0.15) is 0 Å². The van der Waals surface area contributed by atoms with Gasteiger partial charge in [-0.1, -0.05) is 22.9 Å². The normalized spacial score (nSPS) is 21.5. The van der Waals surface area contributed by atoms with E-state index < -0.39 is 29.3 Å². The van der Waals surface area contributed by atoms with Gasteiger partial charge >= 0.3 is 12.2 Å². The maximum Gasteiger partial charge on any atom is 0.413 e. The molecule has 0 aliphatic heterocycles. The lowest BCUT2D eigenvalue weighted by atomic mass is 9.39. The van der Waals surface area contributed by atoms with E-state index in [1.54, 1.807) is 65.2 Å². The second-order valence-electron chi connectivity index (χ2n) is 11.6. The first-order valence-electron chi connectivity index (χ1n) is 13.0. The molecule has 3 heterocycles. The number of hydrogen-bond donors (Lipinski definition) is 3. The summed E-state index contributed by atoms with van der Waals surface area (Å²) in [5, 5.41) is 16.8. The lowest BCUT2D eigenvalue weighted by molar-refractivity contribution is -0.174. The first kappa shape index (κ1) is 28.3. The maximum absolute atomic E-state index is 13.0. The number of hydrogen-bond acceptors (Lipinski definition) is 9. The summed E-state index contributed by atoms with van der Waals surface area (Å²) in [6.45, 7) is 7.10. The average Bonchev–Trinajstić information content (AvgIpc) is 3.19. The van der Waals surface area contributed by atoms with E-state index in [9.17, 15) is 14.4 Å². The highest BCUT2D eigenvalue weighted by molar-refractivity contribution is 6.30. The average molecular weight is 583 g/mol. The van der Waals surface area contributed by atoms with Crippen LogP contribution in [0.25, 0.3) is 11.4 Å². The van der Waals surface area contributed by atoms with Crippen molar-refractivity contribution in [2.45, 2.75) is 64.2 Å². The van der Waals surface area contributed by atoms with Crippen molar-refractivity contribution in [1.82, 2.24) is 30.3 Å². The van der Waals surface area contributed by atoms with Crippen LogP contribution in [0.1, 0.15) is 58.6 Å². The van der Waals surface area contributed by atoms with Crippen molar-refractivity contribution < 1.29 is 23.9 Å². The number of nitrogens with zero attached hydrogens (tertiary/aromatic N) is 5. The molecule has 13 nitrogen and oxygen atoms in total. The van der Waals surface area contributed by atoms with Crippen LogP contribution in [0.4, 0.5) is 21.1 Å². The van der Waals surface area contributed by atoms with Crippen molar-refractivity contribution in [2.75, 3.05) is 10.6 Å². The molecule has 0 unspecified atom stereocenters. The monoisotopic (exact) mass is 582 g/mol. The number of rotatable bonds is 7. The predicted octanol–water partition coefficient (Wildman–Crippen LogP) is 4.62. The lowest BCUT2D eigenvalue weighted by Gasteiger charge is -2.68. The van der Waals surface area contributed by atoms with Gasteiger partial charge in [0.15, 0.2) is 11.5 Å². The molecule has 3 N–H and O–H groups in total. The van der Waals surface area contributed by atoms with Crippen LogP contribution in [0, 0.1) is 5.41 Å². The molecule has 3 aliphatic rings. The summed E-state index contributed by atoms with van der Waals surface area (Å²) in [4.78, 5) is 46.1. The number of alkyl carbamates (subject to hydrolysis) is 1. The minimum absolute atomic E-state index is 0.118. The van der Waals surface area contributed by atoms with E-state index >= 15 is 0 Å². The number of pyridine rings is 2. The number of amides is 3. The van der Waals surface area contributed by atoms with Gasteiger partial charge in [0.05, 0.1) is 23.0 Å². The van der Waals surface area contributed by atoms with Gasteiger partial charge in [0.2, 0.25) is 5.91 Å². The molecule has 2 bridgehead atoms. The third-order valence-corrected chi connectivity index (χ3v) is 7.41. The summed E-state index contributed by atoms with van der Waals surface area (Å²) in [5.74, 6) is 0.160. The topological polar surface area (TPSA) is 162 Å². The minimum atomic E-state index is -0.731. The van der Waals surface area contributed by atoms with Gasteiger partial charge in [-0.05, 0) is 65.2 Å². The summed E-state index contributed by atoms with van der Waals surface area (Å²) in [7, 11) is 1.62. The Kier molecular flexibility index (Phi) is 7.10. The first-order valence-corrected chi connectivity index (χ1v) is 13.4. The fraction of sp³-hybridized carbons (Fsp3) is 0.444. The summed E-state index contributed by atoms with van der Waals surface area (Å²) >= 11 is 6.10. The van der Waals surface area contributed by atoms with Crippen LogP contribution in [-0.4, -0.2) is 54.2 Å². The number of aromatic nitrogens is 5. The van der Waals surface area contributed by atoms with E-state index in [1.807, 2.05) is 0 Å². The third-order valence-electron chi connectivity index (χ3n) is 7.10. The molecule has 0 spiro atoms. The quantitative estimate of drug-likeness (QED) is 0.337. The Labute approximate surface area is 241 Å². The third kappa shape index (κ3) is 5.80. The summed E-state index contributed by atoms with van der Waals surface area (Å²) < 4.78 is 12.2. The Hall–Kier alpha value is -4.26. The van der Waals surface area contributed by atoms with E-state index in [4.69, 9.17) is 21.1 Å². The smallest absolute Gasteiger partial charge is 0.413 e. The molecular formula is C27H31ClN8O5. The summed E-state index contributed by atoms with van der Waals surface area (Å²) in [5.41, 5.74) is 0.372. The molecule has 3 saturated carbocycles. The Morgan fingerprint density at radius 3 is 2.44 bits per heavy atom. The molecule has 216 valence electrons. The second kappa shape index (κ2) is 10.3. The number of carbonyl (C=O) groups excluding carboxylic acids is 3. The van der Waals surface area contributed by atoms with E-state index in [0.717, 1.165) is 0 Å². The molecule has 41 heavy (non-hydrogen) atoms. The number of halogens is 1. The fourth-order valence-electron chi connectivity index (χ4n) is 5.27. The molecule has 3 aromatic rings. The molecule has 3 aromatic heterocycles. The summed E-state index contributed by atoms with van der Waals surface area (Å²) in [6, 6.07) is 6.79. The SMILES string of the molecule is C[C@@H](OC(=O)Nc1c(-c2ccc(NC(=O)C34CC(NC(=O)OC(C)(C)C)(C3)C4)cn2)nnn1C)c1cccnc1Cl. The Morgan fingerprint density at radius 2 is 1.80 bits per heavy atom. The van der Waals surface area contributed by atoms with Crippen LogP contribution >= 0.6 is 11.6 Å². The van der Waals surface area contributed by atoms with Crippen LogP contribution < -0.4 is 16.0 Å². The highest BCUT2D eigenvalue weighted by Gasteiger charge is 2.72. The van der Waals surface area contributed by atoms with E-state index in [-0.39, 0.29) is 22.4 Å². The van der Waals surface area contributed by atoms with E-state index in [1.165, 1.54) is 10.9 Å². The van der Waals surface area contributed by atoms with Gasteiger partial charge in [0, 0.05) is 24.3 Å². The van der Waals surface area contributed by atoms with Crippen LogP contribution in [0.2, 0.25) is 5.15 Å². The van der Waals surface area contributed by atoms with Gasteiger partial charge in [-0.15, -0.1) is 5.10 Å². The predicted molar refractivity (Wildman–Crippen MR) is 149 cm³/mol. The van der Waals surface area contributed by atoms with Crippen molar-refractivity contribution in [3.63, 3.8) is 0 Å². The number of aryl methyl sites for hydroxylation is 1. The van der Waals surface area contributed by atoms with Crippen molar-refractivity contribution in [1.29, 1.82) is 0 Å². The van der Waals surface area contributed by atoms with Crippen LogP contribution in [0.3, 0.4) is 0 Å². The van der Waals surface area contributed by atoms with Crippen molar-refractivity contribution in [2.24, 2.45) is 12.5 Å². The van der Waals surface area contributed by atoms with Crippen LogP contribution in [0.15, 0.2) is 36.7 Å². The number of carbonyl (C=O) groups is 3. The van der Waals surface area contributed by atoms with Gasteiger partial charge in [-0.3, -0.25) is 15.1 Å². The Morgan fingerprint density at radius 1 is 1.07 bits per heavy atom. The highest BCUT2D eigenvalue weighted by atomic mass is 35.5. The van der Waals surface area contributed by atoms with Crippen molar-refractivity contribution >= 4 is 41.2 Å². The standard InChI is InChI=1S/C27H31ClN8O5/c1-15(17-7-6-10-29-20(17)28)40-23(38)32-21-19(34-35-36(21)5)18-9-8-16(11-30-18)31-22(37)26-12-27(13-26,14-26)33-24(39)41-25(2,3)4/h6-11,15H,12-14H2,1-5H3,(H,31,37)(H,32,38)(H,33,39)/t15-,26?,27?/m1/s1.